The van der Waals surface area contributed by atoms with E-state index in [-0.39, 0.29) is 6.04 Å². The van der Waals surface area contributed by atoms with E-state index in [9.17, 15) is 0 Å². The van der Waals surface area contributed by atoms with Crippen molar-refractivity contribution in [2.75, 3.05) is 12.4 Å². The molecule has 7 heteroatoms. The average Bonchev–Trinajstić information content (AvgIpc) is 3.19. The number of methoxy groups -OCH3 is 1. The molecule has 3 heterocycles. The van der Waals surface area contributed by atoms with Crippen molar-refractivity contribution in [2.24, 2.45) is 0 Å². The van der Waals surface area contributed by atoms with Gasteiger partial charge in [-0.05, 0) is 25.1 Å². The Morgan fingerprint density at radius 1 is 1.29 bits per heavy atom. The number of ether oxygens (including phenoxy) is 1. The maximum atomic E-state index is 5.24. The summed E-state index contributed by atoms with van der Waals surface area (Å²) in [6.07, 6.45) is 3.25. The molecular weight excluding hydrogens is 272 g/mol. The minimum atomic E-state index is -0.156. The van der Waals surface area contributed by atoms with Crippen molar-refractivity contribution in [1.29, 1.82) is 0 Å². The van der Waals surface area contributed by atoms with Gasteiger partial charge in [-0.25, -0.2) is 4.98 Å². The third-order valence-electron chi connectivity index (χ3n) is 2.88. The van der Waals surface area contributed by atoms with Crippen molar-refractivity contribution in [1.82, 2.24) is 15.1 Å². The highest BCUT2D eigenvalue weighted by atomic mass is 16.5. The fourth-order valence-corrected chi connectivity index (χ4v) is 1.82. The molecule has 0 amide bonds. The summed E-state index contributed by atoms with van der Waals surface area (Å²) in [5.74, 6) is 2.03. The molecular formula is C14H14N4O3. The fourth-order valence-electron chi connectivity index (χ4n) is 1.82. The van der Waals surface area contributed by atoms with Crippen molar-refractivity contribution in [3.63, 3.8) is 0 Å². The molecule has 0 unspecified atom stereocenters. The summed E-state index contributed by atoms with van der Waals surface area (Å²) in [5, 5.41) is 7.12. The molecule has 0 spiro atoms. The number of nitrogens with zero attached hydrogens (tertiary/aromatic N) is 3. The van der Waals surface area contributed by atoms with E-state index in [1.54, 1.807) is 37.8 Å². The van der Waals surface area contributed by atoms with Gasteiger partial charge in [0, 0.05) is 6.07 Å². The first-order valence-corrected chi connectivity index (χ1v) is 6.40. The van der Waals surface area contributed by atoms with E-state index in [1.807, 2.05) is 13.0 Å². The highest BCUT2D eigenvalue weighted by molar-refractivity contribution is 5.46. The Hall–Kier alpha value is -2.83. The van der Waals surface area contributed by atoms with E-state index in [2.05, 4.69) is 20.4 Å². The Bertz CT molecular complexity index is 691. The van der Waals surface area contributed by atoms with Gasteiger partial charge in [-0.3, -0.25) is 0 Å². The zero-order valence-electron chi connectivity index (χ0n) is 11.6. The summed E-state index contributed by atoms with van der Waals surface area (Å²) in [6.45, 7) is 1.92. The first kappa shape index (κ1) is 13.2. The molecule has 1 N–H and O–H groups in total. The van der Waals surface area contributed by atoms with Crippen LogP contribution in [-0.2, 0) is 0 Å². The van der Waals surface area contributed by atoms with Gasteiger partial charge in [0.25, 0.3) is 0 Å². The molecule has 0 aliphatic rings. The van der Waals surface area contributed by atoms with Crippen LogP contribution in [0.3, 0.4) is 0 Å². The number of furan rings is 1. The molecule has 0 bridgehead atoms. The van der Waals surface area contributed by atoms with Crippen LogP contribution in [0.15, 0.2) is 45.7 Å². The number of rotatable bonds is 5. The molecule has 108 valence electrons. The molecule has 3 aromatic heterocycles. The number of pyridine rings is 1. The van der Waals surface area contributed by atoms with E-state index in [4.69, 9.17) is 13.7 Å². The Kier molecular flexibility index (Phi) is 3.55. The van der Waals surface area contributed by atoms with E-state index >= 15 is 0 Å². The Morgan fingerprint density at radius 2 is 2.19 bits per heavy atom. The second-order valence-electron chi connectivity index (χ2n) is 4.39. The molecule has 0 aromatic carbocycles. The number of hydrogen-bond donors (Lipinski definition) is 1. The van der Waals surface area contributed by atoms with Gasteiger partial charge in [0.05, 0.1) is 25.3 Å². The van der Waals surface area contributed by atoms with E-state index < -0.39 is 0 Å². The SMILES string of the molecule is COc1ccc(N[C@H](C)c2nc(-c3ccco3)no2)cn1. The molecule has 0 aliphatic carbocycles. The first-order chi connectivity index (χ1) is 10.3. The highest BCUT2D eigenvalue weighted by Crippen LogP contribution is 2.22. The number of hydrogen-bond acceptors (Lipinski definition) is 7. The molecule has 7 nitrogen and oxygen atoms in total. The second-order valence-corrected chi connectivity index (χ2v) is 4.39. The van der Waals surface area contributed by atoms with Gasteiger partial charge in [0.2, 0.25) is 17.6 Å². The van der Waals surface area contributed by atoms with Crippen LogP contribution in [-0.4, -0.2) is 22.2 Å². The van der Waals surface area contributed by atoms with Gasteiger partial charge in [-0.1, -0.05) is 5.16 Å². The Morgan fingerprint density at radius 3 is 2.86 bits per heavy atom. The van der Waals surface area contributed by atoms with Crippen molar-refractivity contribution in [3.8, 4) is 17.5 Å². The standard InChI is InChI=1S/C14H14N4O3/c1-9(16-10-5-6-12(19-2)15-8-10)14-17-13(18-21-14)11-4-3-7-20-11/h3-9,16H,1-2H3/t9-/m1/s1. The summed E-state index contributed by atoms with van der Waals surface area (Å²) in [4.78, 5) is 8.43. The molecule has 3 aromatic rings. The monoisotopic (exact) mass is 286 g/mol. The summed E-state index contributed by atoms with van der Waals surface area (Å²) in [5.41, 5.74) is 0.834. The topological polar surface area (TPSA) is 86.2 Å². The summed E-state index contributed by atoms with van der Waals surface area (Å²) >= 11 is 0. The fraction of sp³-hybridized carbons (Fsp3) is 0.214. The smallest absolute Gasteiger partial charge is 0.249 e. The zero-order valence-corrected chi connectivity index (χ0v) is 11.6. The molecule has 0 radical (unpaired) electrons. The average molecular weight is 286 g/mol. The van der Waals surface area contributed by atoms with Crippen LogP contribution < -0.4 is 10.1 Å². The summed E-state index contributed by atoms with van der Waals surface area (Å²) in [6, 6.07) is 7.04. The van der Waals surface area contributed by atoms with E-state index in [0.717, 1.165) is 5.69 Å². The van der Waals surface area contributed by atoms with Crippen molar-refractivity contribution in [3.05, 3.63) is 42.6 Å². The van der Waals surface area contributed by atoms with Crippen LogP contribution in [0.25, 0.3) is 11.6 Å². The highest BCUT2D eigenvalue weighted by Gasteiger charge is 2.16. The van der Waals surface area contributed by atoms with Gasteiger partial charge in [0.1, 0.15) is 6.04 Å². The number of anilines is 1. The quantitative estimate of drug-likeness (QED) is 0.771. The lowest BCUT2D eigenvalue weighted by atomic mass is 10.3. The molecule has 1 atom stereocenters. The molecule has 21 heavy (non-hydrogen) atoms. The lowest BCUT2D eigenvalue weighted by Crippen LogP contribution is -2.07. The van der Waals surface area contributed by atoms with Gasteiger partial charge in [-0.15, -0.1) is 0 Å². The van der Waals surface area contributed by atoms with Crippen LogP contribution in [0.2, 0.25) is 0 Å². The Balaban J connectivity index is 1.71. The molecule has 0 saturated heterocycles. The van der Waals surface area contributed by atoms with Gasteiger partial charge in [0.15, 0.2) is 5.76 Å². The summed E-state index contributed by atoms with van der Waals surface area (Å²) < 4.78 is 15.5. The largest absolute Gasteiger partial charge is 0.481 e. The molecule has 0 aliphatic heterocycles. The molecule has 0 saturated carbocycles. The van der Waals surface area contributed by atoms with Crippen LogP contribution in [0.5, 0.6) is 5.88 Å². The molecule has 0 fully saturated rings. The van der Waals surface area contributed by atoms with Crippen molar-refractivity contribution < 1.29 is 13.7 Å². The maximum absolute atomic E-state index is 5.24. The van der Waals surface area contributed by atoms with E-state index in [0.29, 0.717) is 23.4 Å². The van der Waals surface area contributed by atoms with Crippen LogP contribution >= 0.6 is 0 Å². The minimum absolute atomic E-state index is 0.156. The zero-order chi connectivity index (χ0) is 14.7. The number of nitrogens with one attached hydrogen (secondary N) is 1. The predicted octanol–water partition coefficient (Wildman–Crippen LogP) is 2.91. The second kappa shape index (κ2) is 5.66. The van der Waals surface area contributed by atoms with Gasteiger partial charge >= 0.3 is 0 Å². The maximum Gasteiger partial charge on any atom is 0.249 e. The number of aromatic nitrogens is 3. The molecule has 3 rings (SSSR count). The summed E-state index contributed by atoms with van der Waals surface area (Å²) in [7, 11) is 1.58. The van der Waals surface area contributed by atoms with Gasteiger partial charge < -0.3 is 19.0 Å². The lowest BCUT2D eigenvalue weighted by molar-refractivity contribution is 0.367. The van der Waals surface area contributed by atoms with Crippen LogP contribution in [0.4, 0.5) is 5.69 Å². The first-order valence-electron chi connectivity index (χ1n) is 6.40. The third-order valence-corrected chi connectivity index (χ3v) is 2.88. The van der Waals surface area contributed by atoms with Crippen molar-refractivity contribution >= 4 is 5.69 Å². The van der Waals surface area contributed by atoms with Crippen LogP contribution in [0.1, 0.15) is 18.9 Å². The van der Waals surface area contributed by atoms with Gasteiger partial charge in [-0.2, -0.15) is 4.98 Å². The Labute approximate surface area is 121 Å². The minimum Gasteiger partial charge on any atom is -0.481 e. The predicted molar refractivity (Wildman–Crippen MR) is 74.8 cm³/mol. The third kappa shape index (κ3) is 2.86. The van der Waals surface area contributed by atoms with E-state index in [1.165, 1.54) is 0 Å². The van der Waals surface area contributed by atoms with Crippen molar-refractivity contribution in [2.45, 2.75) is 13.0 Å². The normalized spacial score (nSPS) is 12.1. The van der Waals surface area contributed by atoms with Crippen LogP contribution in [0, 0.1) is 0 Å². The lowest BCUT2D eigenvalue weighted by Gasteiger charge is -2.10.